The van der Waals surface area contributed by atoms with E-state index in [1.54, 1.807) is 30.3 Å². The number of aromatic nitrogens is 2. The van der Waals surface area contributed by atoms with Gasteiger partial charge in [0.05, 0.1) is 21.4 Å². The largest absolute Gasteiger partial charge is 0.573 e. The summed E-state index contributed by atoms with van der Waals surface area (Å²) in [6, 6.07) is 12.3. The monoisotopic (exact) mass is 470 g/mol. The van der Waals surface area contributed by atoms with Crippen LogP contribution in [0.3, 0.4) is 0 Å². The third kappa shape index (κ3) is 6.63. The predicted octanol–water partition coefficient (Wildman–Crippen LogP) is 7.30. The minimum absolute atomic E-state index is 0.285. The van der Waals surface area contributed by atoms with Gasteiger partial charge in [-0.3, -0.25) is 0 Å². The first kappa shape index (κ1) is 23.0. The minimum Gasteiger partial charge on any atom is -0.406 e. The molecule has 31 heavy (non-hydrogen) atoms. The van der Waals surface area contributed by atoms with Crippen LogP contribution in [0, 0.1) is 0 Å². The van der Waals surface area contributed by atoms with Gasteiger partial charge in [-0.2, -0.15) is 4.98 Å². The van der Waals surface area contributed by atoms with Gasteiger partial charge in [0.15, 0.2) is 0 Å². The molecule has 0 bridgehead atoms. The molecule has 164 valence electrons. The molecule has 0 radical (unpaired) electrons. The Hall–Kier alpha value is -2.71. The summed E-state index contributed by atoms with van der Waals surface area (Å²) < 4.78 is 41.9. The summed E-state index contributed by atoms with van der Waals surface area (Å²) in [6.45, 7) is 5.80. The van der Waals surface area contributed by atoms with Crippen molar-refractivity contribution in [2.24, 2.45) is 0 Å². The smallest absolute Gasteiger partial charge is 0.406 e. The molecule has 5 nitrogen and oxygen atoms in total. The molecule has 0 aliphatic heterocycles. The van der Waals surface area contributed by atoms with Gasteiger partial charge >= 0.3 is 6.36 Å². The first-order chi connectivity index (χ1) is 14.4. The van der Waals surface area contributed by atoms with Crippen LogP contribution >= 0.6 is 23.2 Å². The van der Waals surface area contributed by atoms with Crippen LogP contribution in [-0.4, -0.2) is 21.9 Å². The molecule has 0 unspecified atom stereocenters. The van der Waals surface area contributed by atoms with Crippen molar-refractivity contribution in [3.8, 4) is 17.0 Å². The van der Waals surface area contributed by atoms with Gasteiger partial charge in [-0.05, 0) is 45.0 Å². The lowest BCUT2D eigenvalue weighted by atomic mass is 10.1. The van der Waals surface area contributed by atoms with E-state index >= 15 is 0 Å². The second kappa shape index (κ2) is 8.80. The number of nitrogens with zero attached hydrogens (tertiary/aromatic N) is 2. The third-order valence-corrected chi connectivity index (χ3v) is 4.61. The molecule has 3 aromatic rings. The van der Waals surface area contributed by atoms with Gasteiger partial charge in [0, 0.05) is 17.2 Å². The lowest BCUT2D eigenvalue weighted by Gasteiger charge is -2.21. The highest BCUT2D eigenvalue weighted by Gasteiger charge is 2.31. The molecular weight excluding hydrogens is 452 g/mol. The van der Waals surface area contributed by atoms with E-state index in [0.717, 1.165) is 0 Å². The molecule has 0 saturated heterocycles. The number of hydrogen-bond donors (Lipinski definition) is 2. The van der Waals surface area contributed by atoms with Gasteiger partial charge in [0.25, 0.3) is 0 Å². The molecule has 0 amide bonds. The van der Waals surface area contributed by atoms with Crippen molar-refractivity contribution < 1.29 is 17.9 Å². The lowest BCUT2D eigenvalue weighted by molar-refractivity contribution is -0.274. The molecule has 0 aliphatic rings. The number of halogens is 5. The van der Waals surface area contributed by atoms with E-state index < -0.39 is 6.36 Å². The fourth-order valence-corrected chi connectivity index (χ4v) is 2.99. The molecule has 3 rings (SSSR count). The Bertz CT molecular complexity index is 1080. The van der Waals surface area contributed by atoms with Gasteiger partial charge in [0.2, 0.25) is 5.95 Å². The highest BCUT2D eigenvalue weighted by atomic mass is 35.5. The van der Waals surface area contributed by atoms with Crippen molar-refractivity contribution >= 4 is 40.7 Å². The summed E-state index contributed by atoms with van der Waals surface area (Å²) >= 11 is 12.3. The van der Waals surface area contributed by atoms with Crippen LogP contribution in [0.2, 0.25) is 10.0 Å². The summed E-state index contributed by atoms with van der Waals surface area (Å²) in [5, 5.41) is 6.93. The summed E-state index contributed by atoms with van der Waals surface area (Å²) in [6.07, 6.45) is -4.79. The third-order valence-electron chi connectivity index (χ3n) is 3.79. The summed E-state index contributed by atoms with van der Waals surface area (Å²) in [5.41, 5.74) is 0.969. The van der Waals surface area contributed by atoms with E-state index in [9.17, 15) is 13.2 Å². The van der Waals surface area contributed by atoms with Crippen LogP contribution in [-0.2, 0) is 0 Å². The van der Waals surface area contributed by atoms with Gasteiger partial charge in [-0.15, -0.1) is 13.2 Å². The van der Waals surface area contributed by atoms with E-state index in [1.807, 2.05) is 20.8 Å². The van der Waals surface area contributed by atoms with E-state index in [-0.39, 0.29) is 17.2 Å². The van der Waals surface area contributed by atoms with E-state index in [4.69, 9.17) is 23.2 Å². The summed E-state index contributed by atoms with van der Waals surface area (Å²) in [4.78, 5) is 8.90. The number of ether oxygens (including phenoxy) is 1. The Balaban J connectivity index is 2.04. The molecule has 10 heteroatoms. The number of anilines is 3. The van der Waals surface area contributed by atoms with Gasteiger partial charge < -0.3 is 15.4 Å². The van der Waals surface area contributed by atoms with Gasteiger partial charge in [-0.25, -0.2) is 4.98 Å². The fraction of sp³-hybridized carbons (Fsp3) is 0.238. The normalized spacial score (nSPS) is 11.9. The molecule has 0 fully saturated rings. The van der Waals surface area contributed by atoms with E-state index in [1.165, 1.54) is 18.2 Å². The average Bonchev–Trinajstić information content (AvgIpc) is 2.63. The molecule has 1 heterocycles. The quantitative estimate of drug-likeness (QED) is 0.409. The van der Waals surface area contributed by atoms with Crippen LogP contribution in [0.4, 0.5) is 30.6 Å². The second-order valence-electron chi connectivity index (χ2n) is 7.64. The van der Waals surface area contributed by atoms with Crippen molar-refractivity contribution in [1.29, 1.82) is 0 Å². The zero-order valence-electron chi connectivity index (χ0n) is 16.8. The van der Waals surface area contributed by atoms with Crippen LogP contribution in [0.1, 0.15) is 20.8 Å². The fourth-order valence-electron chi connectivity index (χ4n) is 2.64. The topological polar surface area (TPSA) is 59.1 Å². The number of nitrogens with one attached hydrogen (secondary N) is 2. The molecule has 0 saturated carbocycles. The predicted molar refractivity (Wildman–Crippen MR) is 117 cm³/mol. The highest BCUT2D eigenvalue weighted by molar-refractivity contribution is 6.43. The van der Waals surface area contributed by atoms with Crippen LogP contribution in [0.15, 0.2) is 48.5 Å². The maximum Gasteiger partial charge on any atom is 0.573 e. The zero-order chi connectivity index (χ0) is 22.8. The van der Waals surface area contributed by atoms with Crippen LogP contribution in [0.5, 0.6) is 5.75 Å². The van der Waals surface area contributed by atoms with Crippen molar-refractivity contribution in [2.45, 2.75) is 32.7 Å². The van der Waals surface area contributed by atoms with Crippen LogP contribution in [0.25, 0.3) is 11.3 Å². The number of alkyl halides is 3. The maximum atomic E-state index is 12.6. The van der Waals surface area contributed by atoms with Crippen molar-refractivity contribution in [2.75, 3.05) is 10.6 Å². The van der Waals surface area contributed by atoms with Gasteiger partial charge in [-0.1, -0.05) is 41.4 Å². The standard InChI is InChI=1S/C21H19Cl2F3N4O/c1-20(2,3)30-19-28-16(12-6-4-7-13(10-12)31-21(24,25)26)11-17(29-19)27-15-9-5-8-14(22)18(15)23/h4-11H,1-3H3,(H2,27,28,29,30). The number of benzene rings is 2. The molecule has 0 spiro atoms. The van der Waals surface area contributed by atoms with Crippen LogP contribution < -0.4 is 15.4 Å². The Labute approximate surface area is 187 Å². The van der Waals surface area contributed by atoms with Crippen molar-refractivity contribution in [3.05, 3.63) is 58.6 Å². The van der Waals surface area contributed by atoms with Crippen molar-refractivity contribution in [3.63, 3.8) is 0 Å². The lowest BCUT2D eigenvalue weighted by Crippen LogP contribution is -2.27. The summed E-state index contributed by atoms with van der Waals surface area (Å²) in [7, 11) is 0. The number of rotatable bonds is 5. The molecule has 2 N–H and O–H groups in total. The molecule has 2 aromatic carbocycles. The molecular formula is C21H19Cl2F3N4O. The molecule has 1 aromatic heterocycles. The Morgan fingerprint density at radius 2 is 1.65 bits per heavy atom. The highest BCUT2D eigenvalue weighted by Crippen LogP contribution is 2.33. The van der Waals surface area contributed by atoms with Crippen molar-refractivity contribution in [1.82, 2.24) is 9.97 Å². The average molecular weight is 471 g/mol. The SMILES string of the molecule is CC(C)(C)Nc1nc(Nc2cccc(Cl)c2Cl)cc(-c2cccc(OC(F)(F)F)c2)n1. The summed E-state index contributed by atoms with van der Waals surface area (Å²) in [5.74, 6) is 0.317. The second-order valence-corrected chi connectivity index (χ2v) is 8.42. The first-order valence-corrected chi connectivity index (χ1v) is 9.90. The molecule has 0 aliphatic carbocycles. The van der Waals surface area contributed by atoms with Gasteiger partial charge in [0.1, 0.15) is 11.6 Å². The Kier molecular flexibility index (Phi) is 6.52. The molecule has 0 atom stereocenters. The minimum atomic E-state index is -4.79. The maximum absolute atomic E-state index is 12.6. The number of hydrogen-bond acceptors (Lipinski definition) is 5. The zero-order valence-corrected chi connectivity index (χ0v) is 18.3. The van der Waals surface area contributed by atoms with E-state index in [0.29, 0.717) is 32.8 Å². The first-order valence-electron chi connectivity index (χ1n) is 9.14. The Morgan fingerprint density at radius 1 is 0.935 bits per heavy atom. The Morgan fingerprint density at radius 3 is 2.32 bits per heavy atom. The van der Waals surface area contributed by atoms with E-state index in [2.05, 4.69) is 25.3 Å².